The summed E-state index contributed by atoms with van der Waals surface area (Å²) < 4.78 is 3.34. The standard InChI is InChI=1S/C21H25.2C6H4Cl.C5H5.CH2.2ClH.Zr/c1-20(2,3)16-9-7-14-11-15-8-10-17(21(4,5)6)13-19(15)18(14)12-16;2*7-6-4-2-1-3-5-6;1-2-4-5-3-1;;;;/h7,9-10,12-13H,11H2,1-6H3;2*1-2,4-5H;1-3H,4H2;1H2;2*1H;/q4*-1;;;;. The molecule has 0 N–H and O–H groups in total. The van der Waals surface area contributed by atoms with E-state index in [1.54, 1.807) is 12.1 Å². The number of benzene rings is 4. The molecule has 4 aromatic carbocycles. The number of allylic oxidation sites excluding steroid dienone is 4. The van der Waals surface area contributed by atoms with Gasteiger partial charge in [0.1, 0.15) is 0 Å². The summed E-state index contributed by atoms with van der Waals surface area (Å²) in [4.78, 5) is 0. The van der Waals surface area contributed by atoms with Crippen molar-refractivity contribution in [2.75, 3.05) is 0 Å². The summed E-state index contributed by atoms with van der Waals surface area (Å²) in [6.07, 6.45) is 11.0. The van der Waals surface area contributed by atoms with E-state index in [1.165, 1.54) is 57.6 Å². The van der Waals surface area contributed by atoms with Crippen molar-refractivity contribution in [1.29, 1.82) is 0 Å². The van der Waals surface area contributed by atoms with Crippen molar-refractivity contribution in [1.82, 2.24) is 0 Å². The monoisotopic (exact) mass is 740 g/mol. The van der Waals surface area contributed by atoms with Gasteiger partial charge in [-0.3, -0.25) is 6.08 Å². The molecule has 2 aliphatic rings. The Bertz CT molecular complexity index is 1320. The summed E-state index contributed by atoms with van der Waals surface area (Å²) in [5.41, 5.74) is 8.76. The molecule has 0 heterocycles. The molecule has 0 aliphatic heterocycles. The van der Waals surface area contributed by atoms with Gasteiger partial charge in [-0.2, -0.15) is 119 Å². The van der Waals surface area contributed by atoms with Crippen LogP contribution in [-0.4, -0.2) is 4.21 Å². The topological polar surface area (TPSA) is 0 Å². The molecule has 44 heavy (non-hydrogen) atoms. The van der Waals surface area contributed by atoms with E-state index in [9.17, 15) is 0 Å². The number of rotatable bonds is 0. The average molecular weight is 744 g/mol. The van der Waals surface area contributed by atoms with Gasteiger partial charge in [-0.1, -0.05) is 86.3 Å². The predicted octanol–water partition coefficient (Wildman–Crippen LogP) is 12.0. The molecular formula is C39H42Cl4Zr-4. The van der Waals surface area contributed by atoms with Gasteiger partial charge in [0.15, 0.2) is 0 Å². The summed E-state index contributed by atoms with van der Waals surface area (Å²) >= 11 is 12.3. The van der Waals surface area contributed by atoms with Gasteiger partial charge in [-0.25, -0.2) is 12.2 Å². The van der Waals surface area contributed by atoms with Crippen LogP contribution in [0, 0.1) is 24.3 Å². The third-order valence-electron chi connectivity index (χ3n) is 6.45. The fourth-order valence-corrected chi connectivity index (χ4v) is 4.34. The third kappa shape index (κ3) is 14.6. The van der Waals surface area contributed by atoms with Crippen LogP contribution in [0.3, 0.4) is 0 Å². The van der Waals surface area contributed by atoms with E-state index >= 15 is 0 Å². The first-order chi connectivity index (χ1) is 19.9. The predicted molar refractivity (Wildman–Crippen MR) is 195 cm³/mol. The summed E-state index contributed by atoms with van der Waals surface area (Å²) in [7, 11) is 0. The number of hydrogen-bond donors (Lipinski definition) is 0. The molecule has 0 amide bonds. The van der Waals surface area contributed by atoms with E-state index < -0.39 is 0 Å². The Labute approximate surface area is 304 Å². The molecule has 0 bridgehead atoms. The zero-order valence-corrected chi connectivity index (χ0v) is 32.0. The zero-order chi connectivity index (χ0) is 31.2. The van der Waals surface area contributed by atoms with Crippen LogP contribution in [0.4, 0.5) is 0 Å². The molecular weight excluding hydrogens is 701 g/mol. The van der Waals surface area contributed by atoms with Gasteiger partial charge in [0.25, 0.3) is 0 Å². The zero-order valence-electron chi connectivity index (χ0n) is 26.4. The Hall–Kier alpha value is -1.73. The second-order valence-corrected chi connectivity index (χ2v) is 12.6. The average Bonchev–Trinajstić information content (AvgIpc) is 3.66. The maximum absolute atomic E-state index is 5.51. The van der Waals surface area contributed by atoms with Gasteiger partial charge in [0, 0.05) is 0 Å². The van der Waals surface area contributed by atoms with Crippen LogP contribution in [0.1, 0.15) is 70.2 Å². The molecule has 0 radical (unpaired) electrons. The van der Waals surface area contributed by atoms with E-state index in [4.69, 9.17) is 23.2 Å². The van der Waals surface area contributed by atoms with Gasteiger partial charge in [-0.05, 0) is 17.4 Å². The minimum absolute atomic E-state index is 0. The molecule has 234 valence electrons. The van der Waals surface area contributed by atoms with Crippen molar-refractivity contribution in [2.24, 2.45) is 0 Å². The molecule has 0 nitrogen and oxygen atoms in total. The quantitative estimate of drug-likeness (QED) is 0.139. The maximum atomic E-state index is 5.51. The van der Waals surface area contributed by atoms with Crippen molar-refractivity contribution in [3.05, 3.63) is 154 Å². The molecule has 6 rings (SSSR count). The van der Waals surface area contributed by atoms with E-state index in [1.807, 2.05) is 48.6 Å². The van der Waals surface area contributed by atoms with Gasteiger partial charge in [-0.15, -0.1) is 36.8 Å². The molecule has 0 atom stereocenters. The molecule has 0 saturated carbocycles. The first-order valence-corrected chi connectivity index (χ1v) is 16.4. The molecule has 2 aliphatic carbocycles. The Morgan fingerprint density at radius 2 is 1.27 bits per heavy atom. The number of hydrogen-bond acceptors (Lipinski definition) is 0. The Balaban J connectivity index is 0.000000658. The SMILES string of the molecule is CC(C)(C)c1c[c-]c2c(c1)-c1cc(C(C)(C)C)ccc1C2.Cl.Cl.Clc1c[c-]ccc1.Clc1c[c-]ccc1.[C-]1=CC=CC1.[CH2]=[Zr]. The van der Waals surface area contributed by atoms with E-state index in [2.05, 4.69) is 106 Å². The normalized spacial score (nSPS) is 11.5. The third-order valence-corrected chi connectivity index (χ3v) is 6.92. The number of halogens is 4. The van der Waals surface area contributed by atoms with Crippen LogP contribution >= 0.6 is 48.0 Å². The second kappa shape index (κ2) is 21.1. The van der Waals surface area contributed by atoms with Crippen molar-refractivity contribution >= 4 is 52.2 Å². The summed E-state index contributed by atoms with van der Waals surface area (Å²) in [5, 5.41) is 1.48. The summed E-state index contributed by atoms with van der Waals surface area (Å²) in [6.45, 7) is 13.6. The van der Waals surface area contributed by atoms with Crippen LogP contribution in [0.15, 0.2) is 97.1 Å². The molecule has 4 aromatic rings. The molecule has 0 saturated heterocycles. The summed E-state index contributed by atoms with van der Waals surface area (Å²) in [5.74, 6) is 0. The van der Waals surface area contributed by atoms with Gasteiger partial charge < -0.3 is 0 Å². The Morgan fingerprint density at radius 3 is 1.64 bits per heavy atom. The first-order valence-electron chi connectivity index (χ1n) is 13.9. The summed E-state index contributed by atoms with van der Waals surface area (Å²) in [6, 6.07) is 35.1. The first kappa shape index (κ1) is 42.3. The van der Waals surface area contributed by atoms with E-state index in [0.29, 0.717) is 0 Å². The van der Waals surface area contributed by atoms with E-state index in [-0.39, 0.29) is 35.6 Å². The van der Waals surface area contributed by atoms with Crippen molar-refractivity contribution in [2.45, 2.75) is 65.2 Å². The molecule has 0 aromatic heterocycles. The van der Waals surface area contributed by atoms with Crippen LogP contribution < -0.4 is 0 Å². The second-order valence-electron chi connectivity index (χ2n) is 11.8. The van der Waals surface area contributed by atoms with Crippen LogP contribution in [0.25, 0.3) is 11.1 Å². The van der Waals surface area contributed by atoms with Crippen molar-refractivity contribution in [3.63, 3.8) is 0 Å². The molecule has 5 heteroatoms. The Kier molecular flexibility index (Phi) is 20.3. The molecule has 0 fully saturated rings. The van der Waals surface area contributed by atoms with Gasteiger partial charge in [0.05, 0.1) is 0 Å². The van der Waals surface area contributed by atoms with Crippen molar-refractivity contribution in [3.8, 4) is 11.1 Å². The fraction of sp³-hybridized carbons (Fsp3) is 0.256. The molecule has 0 unspecified atom stereocenters. The van der Waals surface area contributed by atoms with Crippen LogP contribution in [0.5, 0.6) is 0 Å². The van der Waals surface area contributed by atoms with Crippen molar-refractivity contribution < 1.29 is 24.2 Å². The van der Waals surface area contributed by atoms with Crippen LogP contribution in [0.2, 0.25) is 10.0 Å². The van der Waals surface area contributed by atoms with Crippen LogP contribution in [-0.2, 0) is 41.5 Å². The fourth-order valence-electron chi connectivity index (χ4n) is 4.07. The minimum atomic E-state index is 0. The number of fused-ring (bicyclic) bond motifs is 3. The Morgan fingerprint density at radius 1 is 0.727 bits per heavy atom. The van der Waals surface area contributed by atoms with Gasteiger partial charge >= 0.3 is 28.4 Å². The van der Waals surface area contributed by atoms with E-state index in [0.717, 1.165) is 22.9 Å². The molecule has 0 spiro atoms. The van der Waals surface area contributed by atoms with Gasteiger partial charge in [0.2, 0.25) is 0 Å².